The van der Waals surface area contributed by atoms with Crippen molar-refractivity contribution in [2.45, 2.75) is 46.1 Å². The van der Waals surface area contributed by atoms with E-state index >= 15 is 0 Å². The van der Waals surface area contributed by atoms with Gasteiger partial charge in [-0.1, -0.05) is 57.2 Å². The van der Waals surface area contributed by atoms with Crippen molar-refractivity contribution < 1.29 is 0 Å². The molecule has 21 heavy (non-hydrogen) atoms. The van der Waals surface area contributed by atoms with E-state index in [9.17, 15) is 0 Å². The van der Waals surface area contributed by atoms with Gasteiger partial charge in [0.2, 0.25) is 0 Å². The first-order valence-electron chi connectivity index (χ1n) is 8.05. The molecular weight excluding hydrogens is 254 g/mol. The third-order valence-corrected chi connectivity index (χ3v) is 4.73. The van der Waals surface area contributed by atoms with Gasteiger partial charge in [-0.25, -0.2) is 0 Å². The van der Waals surface area contributed by atoms with Gasteiger partial charge in [0.05, 0.1) is 0 Å². The Morgan fingerprint density at radius 3 is 1.81 bits per heavy atom. The van der Waals surface area contributed by atoms with Gasteiger partial charge in [0.1, 0.15) is 0 Å². The summed E-state index contributed by atoms with van der Waals surface area (Å²) in [5, 5.41) is 2.74. The molecule has 0 saturated heterocycles. The highest BCUT2D eigenvalue weighted by Crippen LogP contribution is 2.38. The zero-order chi connectivity index (χ0) is 15.0. The van der Waals surface area contributed by atoms with E-state index in [0.717, 1.165) is 6.42 Å². The van der Waals surface area contributed by atoms with Crippen LogP contribution in [-0.4, -0.2) is 4.57 Å². The Hall–Kier alpha value is -1.76. The first kappa shape index (κ1) is 14.2. The van der Waals surface area contributed by atoms with E-state index < -0.39 is 0 Å². The summed E-state index contributed by atoms with van der Waals surface area (Å²) in [5.74, 6) is 0.690. The molecule has 0 bridgehead atoms. The molecule has 0 saturated carbocycles. The summed E-state index contributed by atoms with van der Waals surface area (Å²) >= 11 is 0. The maximum absolute atomic E-state index is 2.58. The van der Waals surface area contributed by atoms with Crippen molar-refractivity contribution in [3.63, 3.8) is 0 Å². The Labute approximate surface area is 127 Å². The van der Waals surface area contributed by atoms with E-state index in [1.165, 1.54) is 28.2 Å². The van der Waals surface area contributed by atoms with Crippen molar-refractivity contribution >= 4 is 21.8 Å². The smallest absolute Gasteiger partial charge is 0.0496 e. The number of benzene rings is 2. The molecule has 0 aliphatic rings. The molecule has 1 heterocycles. The van der Waals surface area contributed by atoms with Crippen LogP contribution in [0.3, 0.4) is 0 Å². The number of hydrogen-bond acceptors (Lipinski definition) is 0. The van der Waals surface area contributed by atoms with Gasteiger partial charge in [-0.05, 0) is 37.8 Å². The lowest BCUT2D eigenvalue weighted by Crippen LogP contribution is -2.30. The van der Waals surface area contributed by atoms with E-state index in [-0.39, 0.29) is 5.54 Å². The molecule has 1 aromatic heterocycles. The third kappa shape index (κ3) is 2.25. The highest BCUT2D eigenvalue weighted by Gasteiger charge is 2.28. The predicted octanol–water partition coefficient (Wildman–Crippen LogP) is 5.97. The molecule has 1 atom stereocenters. The summed E-state index contributed by atoms with van der Waals surface area (Å²) in [7, 11) is 0. The van der Waals surface area contributed by atoms with Gasteiger partial charge in [0, 0.05) is 27.3 Å². The molecule has 0 radical (unpaired) electrons. The lowest BCUT2D eigenvalue weighted by molar-refractivity contribution is 0.261. The van der Waals surface area contributed by atoms with Crippen LogP contribution in [0.1, 0.15) is 40.5 Å². The van der Waals surface area contributed by atoms with Crippen LogP contribution in [0.15, 0.2) is 48.5 Å². The van der Waals surface area contributed by atoms with Crippen LogP contribution in [0.4, 0.5) is 0 Å². The molecule has 1 unspecified atom stereocenters. The molecule has 0 aliphatic carbocycles. The molecule has 2 aromatic carbocycles. The van der Waals surface area contributed by atoms with Gasteiger partial charge in [0.15, 0.2) is 0 Å². The standard InChI is InChI=1S/C20H25N/c1-5-20(4,14-15(2)3)21-18-12-8-6-10-16(18)17-11-7-9-13-19(17)21/h6-13,15H,5,14H2,1-4H3. The SMILES string of the molecule is CCC(C)(CC(C)C)n1c2ccccc2c2ccccc21. The Bertz CT molecular complexity index is 712. The van der Waals surface area contributed by atoms with Crippen LogP contribution in [0.5, 0.6) is 0 Å². The third-order valence-electron chi connectivity index (χ3n) is 4.73. The van der Waals surface area contributed by atoms with Crippen molar-refractivity contribution in [1.29, 1.82) is 0 Å². The molecule has 0 amide bonds. The highest BCUT2D eigenvalue weighted by atomic mass is 15.1. The number of aromatic nitrogens is 1. The molecule has 0 aliphatic heterocycles. The zero-order valence-corrected chi connectivity index (χ0v) is 13.6. The van der Waals surface area contributed by atoms with Crippen LogP contribution in [-0.2, 0) is 5.54 Å². The Kier molecular flexibility index (Phi) is 3.52. The molecular formula is C20H25N. The van der Waals surface area contributed by atoms with Gasteiger partial charge >= 0.3 is 0 Å². The fourth-order valence-electron chi connectivity index (χ4n) is 3.78. The molecule has 3 rings (SSSR count). The average Bonchev–Trinajstić information content (AvgIpc) is 2.81. The molecule has 110 valence electrons. The average molecular weight is 279 g/mol. The van der Waals surface area contributed by atoms with E-state index in [4.69, 9.17) is 0 Å². The van der Waals surface area contributed by atoms with Crippen LogP contribution in [0.25, 0.3) is 21.8 Å². The molecule has 1 nitrogen and oxygen atoms in total. The largest absolute Gasteiger partial charge is 0.335 e. The van der Waals surface area contributed by atoms with Gasteiger partial charge in [-0.2, -0.15) is 0 Å². The summed E-state index contributed by atoms with van der Waals surface area (Å²) < 4.78 is 2.58. The Balaban J connectivity index is 2.38. The van der Waals surface area contributed by atoms with Crippen LogP contribution >= 0.6 is 0 Å². The topological polar surface area (TPSA) is 4.93 Å². The fraction of sp³-hybridized carbons (Fsp3) is 0.400. The second-order valence-corrected chi connectivity index (χ2v) is 6.82. The minimum absolute atomic E-state index is 0.164. The molecule has 0 fully saturated rings. The number of hydrogen-bond donors (Lipinski definition) is 0. The quantitative estimate of drug-likeness (QED) is 0.555. The minimum Gasteiger partial charge on any atom is -0.335 e. The fourth-order valence-corrected chi connectivity index (χ4v) is 3.78. The number of fused-ring (bicyclic) bond motifs is 3. The van der Waals surface area contributed by atoms with Crippen molar-refractivity contribution in [3.8, 4) is 0 Å². The van der Waals surface area contributed by atoms with Crippen molar-refractivity contribution in [1.82, 2.24) is 4.57 Å². The Morgan fingerprint density at radius 2 is 1.38 bits per heavy atom. The summed E-state index contributed by atoms with van der Waals surface area (Å²) in [6.45, 7) is 9.36. The number of nitrogens with zero attached hydrogens (tertiary/aromatic N) is 1. The summed E-state index contributed by atoms with van der Waals surface area (Å²) in [4.78, 5) is 0. The maximum atomic E-state index is 2.58. The lowest BCUT2D eigenvalue weighted by atomic mass is 9.87. The summed E-state index contributed by atoms with van der Waals surface area (Å²) in [5.41, 5.74) is 2.89. The number of para-hydroxylation sites is 2. The lowest BCUT2D eigenvalue weighted by Gasteiger charge is -2.34. The second kappa shape index (κ2) is 5.22. The first-order chi connectivity index (χ1) is 10.1. The van der Waals surface area contributed by atoms with Crippen molar-refractivity contribution in [3.05, 3.63) is 48.5 Å². The van der Waals surface area contributed by atoms with E-state index in [2.05, 4.69) is 80.8 Å². The van der Waals surface area contributed by atoms with E-state index in [0.29, 0.717) is 5.92 Å². The number of rotatable bonds is 4. The van der Waals surface area contributed by atoms with Gasteiger partial charge in [-0.3, -0.25) is 0 Å². The highest BCUT2D eigenvalue weighted by molar-refractivity contribution is 6.08. The van der Waals surface area contributed by atoms with E-state index in [1.54, 1.807) is 0 Å². The summed E-state index contributed by atoms with van der Waals surface area (Å²) in [6, 6.07) is 17.6. The van der Waals surface area contributed by atoms with Crippen LogP contribution in [0, 0.1) is 5.92 Å². The molecule has 0 N–H and O–H groups in total. The maximum Gasteiger partial charge on any atom is 0.0496 e. The molecule has 3 aromatic rings. The van der Waals surface area contributed by atoms with Crippen LogP contribution < -0.4 is 0 Å². The van der Waals surface area contributed by atoms with Crippen molar-refractivity contribution in [2.75, 3.05) is 0 Å². The van der Waals surface area contributed by atoms with E-state index in [1.807, 2.05) is 0 Å². The monoisotopic (exact) mass is 279 g/mol. The Morgan fingerprint density at radius 1 is 0.905 bits per heavy atom. The van der Waals surface area contributed by atoms with Gasteiger partial charge < -0.3 is 4.57 Å². The minimum atomic E-state index is 0.164. The van der Waals surface area contributed by atoms with Gasteiger partial charge in [0.25, 0.3) is 0 Å². The van der Waals surface area contributed by atoms with Gasteiger partial charge in [-0.15, -0.1) is 0 Å². The van der Waals surface area contributed by atoms with Crippen LogP contribution in [0.2, 0.25) is 0 Å². The molecule has 1 heteroatoms. The second-order valence-electron chi connectivity index (χ2n) is 6.82. The summed E-state index contributed by atoms with van der Waals surface area (Å²) in [6.07, 6.45) is 2.35. The zero-order valence-electron chi connectivity index (χ0n) is 13.6. The normalized spacial score (nSPS) is 14.9. The van der Waals surface area contributed by atoms with Crippen molar-refractivity contribution in [2.24, 2.45) is 5.92 Å². The molecule has 0 spiro atoms. The predicted molar refractivity (Wildman–Crippen MR) is 92.8 cm³/mol. The first-order valence-corrected chi connectivity index (χ1v) is 8.05.